The van der Waals surface area contributed by atoms with Gasteiger partial charge in [-0.25, -0.2) is 0 Å². The summed E-state index contributed by atoms with van der Waals surface area (Å²) in [7, 11) is 1.77. The molecule has 0 atom stereocenters. The molecule has 1 heterocycles. The summed E-state index contributed by atoms with van der Waals surface area (Å²) >= 11 is 0. The van der Waals surface area contributed by atoms with Gasteiger partial charge in [-0.3, -0.25) is 9.59 Å². The van der Waals surface area contributed by atoms with Crippen molar-refractivity contribution in [2.75, 3.05) is 11.9 Å². The Hall–Kier alpha value is -1.64. The zero-order valence-electron chi connectivity index (χ0n) is 12.0. The van der Waals surface area contributed by atoms with E-state index in [0.29, 0.717) is 5.56 Å². The molecule has 3 nitrogen and oxygen atoms in total. The lowest BCUT2D eigenvalue weighted by atomic mass is 9.85. The number of fused-ring (bicyclic) bond motifs is 1. The summed E-state index contributed by atoms with van der Waals surface area (Å²) in [6, 6.07) is 5.45. The predicted octanol–water partition coefficient (Wildman–Crippen LogP) is 3.17. The number of anilines is 1. The fourth-order valence-electron chi connectivity index (χ4n) is 2.19. The first-order valence-corrected chi connectivity index (χ1v) is 6.29. The van der Waals surface area contributed by atoms with Crippen LogP contribution in [0.1, 0.15) is 50.5 Å². The smallest absolute Gasteiger partial charge is 0.236 e. The number of rotatable bonds is 1. The van der Waals surface area contributed by atoms with Crippen molar-refractivity contribution in [3.05, 3.63) is 29.3 Å². The zero-order chi connectivity index (χ0) is 14.1. The fraction of sp³-hybridized carbons (Fsp3) is 0.467. The van der Waals surface area contributed by atoms with Crippen LogP contribution in [0, 0.1) is 0 Å². The van der Waals surface area contributed by atoms with Crippen LogP contribution in [0.5, 0.6) is 0 Å². The SMILES string of the molecule is CC.CC(=O)c1ccc2c(c1)C(C)(C)C(=O)N2C. The number of amides is 1. The van der Waals surface area contributed by atoms with Gasteiger partial charge in [-0.1, -0.05) is 13.8 Å². The molecule has 0 bridgehead atoms. The highest BCUT2D eigenvalue weighted by Gasteiger charge is 2.42. The highest BCUT2D eigenvalue weighted by atomic mass is 16.2. The van der Waals surface area contributed by atoms with Crippen LogP contribution in [-0.2, 0) is 10.2 Å². The van der Waals surface area contributed by atoms with Gasteiger partial charge in [-0.2, -0.15) is 0 Å². The van der Waals surface area contributed by atoms with Crippen molar-refractivity contribution in [2.45, 2.75) is 40.0 Å². The molecule has 1 aliphatic heterocycles. The Morgan fingerprint density at radius 2 is 1.78 bits per heavy atom. The van der Waals surface area contributed by atoms with E-state index in [2.05, 4.69) is 0 Å². The Morgan fingerprint density at radius 1 is 1.22 bits per heavy atom. The van der Waals surface area contributed by atoms with Crippen molar-refractivity contribution in [1.29, 1.82) is 0 Å². The van der Waals surface area contributed by atoms with Gasteiger partial charge in [-0.05, 0) is 44.5 Å². The van der Waals surface area contributed by atoms with Crippen molar-refractivity contribution < 1.29 is 9.59 Å². The maximum Gasteiger partial charge on any atom is 0.236 e. The number of nitrogens with zero attached hydrogens (tertiary/aromatic N) is 1. The van der Waals surface area contributed by atoms with E-state index in [1.807, 2.05) is 39.8 Å². The largest absolute Gasteiger partial charge is 0.314 e. The van der Waals surface area contributed by atoms with Gasteiger partial charge >= 0.3 is 0 Å². The molecule has 18 heavy (non-hydrogen) atoms. The summed E-state index contributed by atoms with van der Waals surface area (Å²) in [6.45, 7) is 9.32. The Bertz CT molecular complexity index is 489. The number of Topliss-reactive ketones (excluding diaryl/α,β-unsaturated/α-hetero) is 1. The molecular formula is C15H21NO2. The Balaban J connectivity index is 0.000000771. The summed E-state index contributed by atoms with van der Waals surface area (Å²) in [5, 5.41) is 0. The summed E-state index contributed by atoms with van der Waals surface area (Å²) in [5.74, 6) is 0.101. The van der Waals surface area contributed by atoms with Crippen LogP contribution in [0.3, 0.4) is 0 Å². The van der Waals surface area contributed by atoms with E-state index in [-0.39, 0.29) is 11.7 Å². The third-order valence-electron chi connectivity index (χ3n) is 3.28. The summed E-state index contributed by atoms with van der Waals surface area (Å²) in [5.41, 5.74) is 1.97. The van der Waals surface area contributed by atoms with Gasteiger partial charge < -0.3 is 4.90 Å². The minimum Gasteiger partial charge on any atom is -0.314 e. The van der Waals surface area contributed by atoms with E-state index < -0.39 is 5.41 Å². The first-order chi connectivity index (χ1) is 8.35. The molecule has 0 fully saturated rings. The number of carbonyl (C=O) groups is 2. The Kier molecular flexibility index (Phi) is 3.95. The molecule has 1 aromatic carbocycles. The van der Waals surface area contributed by atoms with Crippen molar-refractivity contribution in [3.63, 3.8) is 0 Å². The number of hydrogen-bond donors (Lipinski definition) is 0. The first kappa shape index (κ1) is 14.4. The Morgan fingerprint density at radius 3 is 2.28 bits per heavy atom. The number of hydrogen-bond acceptors (Lipinski definition) is 2. The highest BCUT2D eigenvalue weighted by Crippen LogP contribution is 2.40. The lowest BCUT2D eigenvalue weighted by molar-refractivity contribution is -0.121. The maximum atomic E-state index is 12.0. The molecule has 0 aliphatic carbocycles. The Labute approximate surface area is 109 Å². The van der Waals surface area contributed by atoms with E-state index in [1.165, 1.54) is 6.92 Å². The number of benzene rings is 1. The van der Waals surface area contributed by atoms with E-state index >= 15 is 0 Å². The predicted molar refractivity (Wildman–Crippen MR) is 74.2 cm³/mol. The van der Waals surface area contributed by atoms with Crippen LogP contribution in [-0.4, -0.2) is 18.7 Å². The van der Waals surface area contributed by atoms with Crippen LogP contribution >= 0.6 is 0 Å². The van der Waals surface area contributed by atoms with E-state index in [1.54, 1.807) is 18.0 Å². The standard InChI is InChI=1S/C13H15NO2.C2H6/c1-8(15)9-5-6-11-10(7-9)13(2,3)12(16)14(11)4;1-2/h5-7H,1-4H3;1-2H3. The van der Waals surface area contributed by atoms with Crippen LogP contribution in [0.2, 0.25) is 0 Å². The second-order valence-electron chi connectivity index (χ2n) is 4.78. The van der Waals surface area contributed by atoms with Gasteiger partial charge in [0, 0.05) is 18.3 Å². The molecule has 3 heteroatoms. The second kappa shape index (κ2) is 4.92. The molecule has 0 N–H and O–H groups in total. The van der Waals surface area contributed by atoms with Gasteiger partial charge in [-0.15, -0.1) is 0 Å². The van der Waals surface area contributed by atoms with Crippen LogP contribution in [0.25, 0.3) is 0 Å². The number of likely N-dealkylation sites (N-methyl/N-ethyl adjacent to an activating group) is 1. The quantitative estimate of drug-likeness (QED) is 0.715. The van der Waals surface area contributed by atoms with Crippen molar-refractivity contribution >= 4 is 17.4 Å². The van der Waals surface area contributed by atoms with E-state index in [0.717, 1.165) is 11.3 Å². The number of carbonyl (C=O) groups excluding carboxylic acids is 2. The molecule has 0 spiro atoms. The monoisotopic (exact) mass is 247 g/mol. The van der Waals surface area contributed by atoms with Gasteiger partial charge in [0.15, 0.2) is 5.78 Å². The fourth-order valence-corrected chi connectivity index (χ4v) is 2.19. The van der Waals surface area contributed by atoms with Crippen molar-refractivity contribution in [2.24, 2.45) is 0 Å². The normalized spacial score (nSPS) is 15.9. The molecule has 0 unspecified atom stereocenters. The topological polar surface area (TPSA) is 37.4 Å². The average Bonchev–Trinajstić information content (AvgIpc) is 2.53. The van der Waals surface area contributed by atoms with Gasteiger partial charge in [0.2, 0.25) is 5.91 Å². The average molecular weight is 247 g/mol. The van der Waals surface area contributed by atoms with Gasteiger partial charge in [0.25, 0.3) is 0 Å². The summed E-state index contributed by atoms with van der Waals surface area (Å²) in [4.78, 5) is 25.0. The molecule has 0 saturated carbocycles. The van der Waals surface area contributed by atoms with Crippen LogP contribution in [0.15, 0.2) is 18.2 Å². The summed E-state index contributed by atoms with van der Waals surface area (Å²) in [6.07, 6.45) is 0. The summed E-state index contributed by atoms with van der Waals surface area (Å²) < 4.78 is 0. The molecule has 0 aromatic heterocycles. The molecule has 0 radical (unpaired) electrons. The highest BCUT2D eigenvalue weighted by molar-refractivity contribution is 6.08. The molecule has 1 amide bonds. The third kappa shape index (κ3) is 2.05. The third-order valence-corrected chi connectivity index (χ3v) is 3.28. The number of ketones is 1. The van der Waals surface area contributed by atoms with Crippen LogP contribution < -0.4 is 4.90 Å². The zero-order valence-corrected chi connectivity index (χ0v) is 12.0. The minimum absolute atomic E-state index is 0.0283. The molecule has 0 saturated heterocycles. The van der Waals surface area contributed by atoms with Crippen LogP contribution in [0.4, 0.5) is 5.69 Å². The van der Waals surface area contributed by atoms with Crippen molar-refractivity contribution in [1.82, 2.24) is 0 Å². The van der Waals surface area contributed by atoms with E-state index in [4.69, 9.17) is 0 Å². The minimum atomic E-state index is -0.532. The molecule has 2 rings (SSSR count). The molecule has 98 valence electrons. The maximum absolute atomic E-state index is 12.0. The second-order valence-corrected chi connectivity index (χ2v) is 4.78. The first-order valence-electron chi connectivity index (χ1n) is 6.29. The van der Waals surface area contributed by atoms with Gasteiger partial charge in [0.05, 0.1) is 5.41 Å². The molecular weight excluding hydrogens is 226 g/mol. The molecule has 1 aromatic rings. The van der Waals surface area contributed by atoms with E-state index in [9.17, 15) is 9.59 Å². The van der Waals surface area contributed by atoms with Gasteiger partial charge in [0.1, 0.15) is 0 Å². The molecule has 1 aliphatic rings. The van der Waals surface area contributed by atoms with Crippen molar-refractivity contribution in [3.8, 4) is 0 Å². The lowest BCUT2D eigenvalue weighted by Crippen LogP contribution is -2.33. The lowest BCUT2D eigenvalue weighted by Gasteiger charge is -2.16.